The standard InChI is InChI=1S/C8H7F3.C8H11F3.2C2H6/c1-6-3-2-4-7(5-6)8(9,10)11;1-6(2)4-5-7(3)8(9,10)11;2*1-2/h2-5H,1H3;1,3-5H2,2H3;2*1-2H3. The largest absolute Gasteiger partial charge is 0.416 e. The Balaban J connectivity index is -0.000000341. The van der Waals surface area contributed by atoms with Crippen molar-refractivity contribution in [1.82, 2.24) is 0 Å². The fraction of sp³-hybridized carbons (Fsp3) is 0.500. The minimum absolute atomic E-state index is 0.0428. The molecule has 0 saturated carbocycles. The van der Waals surface area contributed by atoms with Crippen molar-refractivity contribution in [2.75, 3.05) is 0 Å². The van der Waals surface area contributed by atoms with E-state index in [1.54, 1.807) is 19.9 Å². The molecule has 26 heavy (non-hydrogen) atoms. The number of alkyl halides is 6. The van der Waals surface area contributed by atoms with Crippen LogP contribution in [0.3, 0.4) is 0 Å². The molecule has 0 saturated heterocycles. The summed E-state index contributed by atoms with van der Waals surface area (Å²) >= 11 is 0. The molecule has 6 heteroatoms. The van der Waals surface area contributed by atoms with Crippen molar-refractivity contribution in [1.29, 1.82) is 0 Å². The maximum Gasteiger partial charge on any atom is 0.416 e. The normalized spacial score (nSPS) is 10.2. The Labute approximate surface area is 153 Å². The van der Waals surface area contributed by atoms with Crippen LogP contribution in [0, 0.1) is 6.92 Å². The second-order valence-electron chi connectivity index (χ2n) is 4.93. The van der Waals surface area contributed by atoms with E-state index in [4.69, 9.17) is 0 Å². The van der Waals surface area contributed by atoms with Gasteiger partial charge in [-0.1, -0.05) is 63.6 Å². The van der Waals surface area contributed by atoms with Gasteiger partial charge in [0.2, 0.25) is 0 Å². The molecule has 152 valence electrons. The number of aryl methyl sites for hydroxylation is 1. The number of halogens is 6. The lowest BCUT2D eigenvalue weighted by Gasteiger charge is -2.08. The molecule has 1 aromatic carbocycles. The Morgan fingerprint density at radius 3 is 1.62 bits per heavy atom. The second kappa shape index (κ2) is 14.4. The molecule has 1 rings (SSSR count). The quantitative estimate of drug-likeness (QED) is 0.362. The highest BCUT2D eigenvalue weighted by Crippen LogP contribution is 2.29. The van der Waals surface area contributed by atoms with Gasteiger partial charge in [0.25, 0.3) is 0 Å². The van der Waals surface area contributed by atoms with Gasteiger partial charge < -0.3 is 0 Å². The van der Waals surface area contributed by atoms with E-state index in [0.717, 1.165) is 17.7 Å². The Bertz CT molecular complexity index is 510. The lowest BCUT2D eigenvalue weighted by molar-refractivity contribution is -0.137. The first-order valence-electron chi connectivity index (χ1n) is 8.37. The lowest BCUT2D eigenvalue weighted by Crippen LogP contribution is -2.10. The molecule has 0 atom stereocenters. The first kappa shape index (κ1) is 29.1. The number of hydrogen-bond donors (Lipinski definition) is 0. The summed E-state index contributed by atoms with van der Waals surface area (Å²) in [5, 5.41) is 0. The van der Waals surface area contributed by atoms with Gasteiger partial charge in [-0.15, -0.1) is 6.58 Å². The van der Waals surface area contributed by atoms with Gasteiger partial charge in [0.1, 0.15) is 0 Å². The zero-order chi connectivity index (χ0) is 21.6. The van der Waals surface area contributed by atoms with Crippen LogP contribution in [-0.4, -0.2) is 6.18 Å². The van der Waals surface area contributed by atoms with Crippen molar-refractivity contribution in [2.45, 2.75) is 66.7 Å². The van der Waals surface area contributed by atoms with Crippen LogP contribution in [-0.2, 0) is 6.18 Å². The van der Waals surface area contributed by atoms with E-state index >= 15 is 0 Å². The van der Waals surface area contributed by atoms with E-state index in [9.17, 15) is 26.3 Å². The fourth-order valence-corrected chi connectivity index (χ4v) is 1.33. The lowest BCUT2D eigenvalue weighted by atomic mass is 10.1. The van der Waals surface area contributed by atoms with E-state index < -0.39 is 23.5 Å². The van der Waals surface area contributed by atoms with Gasteiger partial charge in [0.15, 0.2) is 0 Å². The predicted octanol–water partition coefficient (Wildman–Crippen LogP) is 8.53. The van der Waals surface area contributed by atoms with Gasteiger partial charge in [-0.3, -0.25) is 0 Å². The predicted molar refractivity (Wildman–Crippen MR) is 98.1 cm³/mol. The van der Waals surface area contributed by atoms with Crippen LogP contribution in [0.25, 0.3) is 0 Å². The zero-order valence-electron chi connectivity index (χ0n) is 16.4. The van der Waals surface area contributed by atoms with Crippen molar-refractivity contribution < 1.29 is 26.3 Å². The molecule has 0 unspecified atom stereocenters. The molecule has 0 aliphatic carbocycles. The molecule has 1 aromatic rings. The van der Waals surface area contributed by atoms with E-state index in [1.165, 1.54) is 6.07 Å². The number of benzene rings is 1. The minimum atomic E-state index is -4.24. The molecule has 0 N–H and O–H groups in total. The smallest absolute Gasteiger partial charge is 0.167 e. The number of allylic oxidation sites excluding steroid dienone is 2. The first-order valence-corrected chi connectivity index (χ1v) is 8.37. The SMILES string of the molecule is C=C(C)CCC(=C)C(F)(F)F.CC.CC.Cc1cccc(C(F)(F)F)c1. The number of hydrogen-bond acceptors (Lipinski definition) is 0. The fourth-order valence-electron chi connectivity index (χ4n) is 1.33. The van der Waals surface area contributed by atoms with Crippen LogP contribution >= 0.6 is 0 Å². The summed E-state index contributed by atoms with van der Waals surface area (Å²) in [4.78, 5) is 0. The Hall–Kier alpha value is -1.72. The summed E-state index contributed by atoms with van der Waals surface area (Å²) in [5.74, 6) is 0. The molecular weight excluding hydrogens is 354 g/mol. The minimum Gasteiger partial charge on any atom is -0.167 e. The molecular formula is C20H30F6. The summed E-state index contributed by atoms with van der Waals surface area (Å²) in [6.07, 6.45) is -8.14. The van der Waals surface area contributed by atoms with Crippen molar-refractivity contribution in [3.63, 3.8) is 0 Å². The maximum absolute atomic E-state index is 12.0. The van der Waals surface area contributed by atoms with E-state index in [1.807, 2.05) is 27.7 Å². The Morgan fingerprint density at radius 1 is 0.885 bits per heavy atom. The zero-order valence-corrected chi connectivity index (χ0v) is 16.4. The van der Waals surface area contributed by atoms with Crippen LogP contribution in [0.1, 0.15) is 58.6 Å². The molecule has 0 spiro atoms. The summed E-state index contributed by atoms with van der Waals surface area (Å²) in [6, 6.07) is 5.22. The molecule has 0 fully saturated rings. The van der Waals surface area contributed by atoms with Crippen molar-refractivity contribution in [3.05, 3.63) is 59.7 Å². The number of rotatable bonds is 3. The third-order valence-electron chi connectivity index (χ3n) is 2.60. The van der Waals surface area contributed by atoms with Crippen LogP contribution in [0.4, 0.5) is 26.3 Å². The highest BCUT2D eigenvalue weighted by atomic mass is 19.4. The van der Waals surface area contributed by atoms with Crippen molar-refractivity contribution in [3.8, 4) is 0 Å². The maximum atomic E-state index is 12.0. The van der Waals surface area contributed by atoms with Crippen molar-refractivity contribution in [2.24, 2.45) is 0 Å². The molecule has 0 bridgehead atoms. The molecule has 0 aliphatic rings. The van der Waals surface area contributed by atoms with Gasteiger partial charge >= 0.3 is 12.4 Å². The van der Waals surface area contributed by atoms with Gasteiger partial charge in [-0.05, 0) is 32.8 Å². The molecule has 0 radical (unpaired) electrons. The van der Waals surface area contributed by atoms with Crippen molar-refractivity contribution >= 4 is 0 Å². The van der Waals surface area contributed by atoms with Crippen LogP contribution < -0.4 is 0 Å². The summed E-state index contributed by atoms with van der Waals surface area (Å²) in [7, 11) is 0. The van der Waals surface area contributed by atoms with Gasteiger partial charge in [-0.2, -0.15) is 26.3 Å². The monoisotopic (exact) mass is 384 g/mol. The average molecular weight is 384 g/mol. The van der Waals surface area contributed by atoms with Gasteiger partial charge in [0.05, 0.1) is 5.56 Å². The third kappa shape index (κ3) is 15.8. The van der Waals surface area contributed by atoms with E-state index in [0.29, 0.717) is 12.0 Å². The summed E-state index contributed by atoms with van der Waals surface area (Å²) in [5.41, 5.74) is 0.105. The van der Waals surface area contributed by atoms with Crippen LogP contribution in [0.5, 0.6) is 0 Å². The summed E-state index contributed by atoms with van der Waals surface area (Å²) < 4.78 is 71.2. The van der Waals surface area contributed by atoms with Crippen LogP contribution in [0.15, 0.2) is 48.6 Å². The van der Waals surface area contributed by atoms with E-state index in [2.05, 4.69) is 13.2 Å². The molecule has 0 aliphatic heterocycles. The van der Waals surface area contributed by atoms with Gasteiger partial charge in [0, 0.05) is 5.57 Å². The molecule has 0 nitrogen and oxygen atoms in total. The third-order valence-corrected chi connectivity index (χ3v) is 2.60. The topological polar surface area (TPSA) is 0 Å². The van der Waals surface area contributed by atoms with Gasteiger partial charge in [-0.25, -0.2) is 0 Å². The van der Waals surface area contributed by atoms with E-state index in [-0.39, 0.29) is 6.42 Å². The average Bonchev–Trinajstić information content (AvgIpc) is 2.55. The molecule has 0 heterocycles. The Kier molecular flexibility index (Phi) is 16.1. The Morgan fingerprint density at radius 2 is 1.35 bits per heavy atom. The second-order valence-corrected chi connectivity index (χ2v) is 4.93. The van der Waals surface area contributed by atoms with Crippen LogP contribution in [0.2, 0.25) is 0 Å². The highest BCUT2D eigenvalue weighted by molar-refractivity contribution is 5.24. The summed E-state index contributed by atoms with van der Waals surface area (Å²) in [6.45, 7) is 17.8. The molecule has 0 amide bonds. The highest BCUT2D eigenvalue weighted by Gasteiger charge is 2.31. The first-order chi connectivity index (χ1) is 11.8. The molecule has 0 aromatic heterocycles.